The van der Waals surface area contributed by atoms with Gasteiger partial charge in [-0.05, 0) is 51.5 Å². The van der Waals surface area contributed by atoms with Crippen LogP contribution in [-0.2, 0) is 6.54 Å². The van der Waals surface area contributed by atoms with Crippen molar-refractivity contribution in [3.05, 3.63) is 26.5 Å². The maximum absolute atomic E-state index is 4.38. The summed E-state index contributed by atoms with van der Waals surface area (Å²) < 4.78 is 4.44. The molecule has 0 radical (unpaired) electrons. The lowest BCUT2D eigenvalue weighted by Gasteiger charge is -2.01. The minimum Gasteiger partial charge on any atom is -0.333 e. The first-order chi connectivity index (χ1) is 6.24. The van der Waals surface area contributed by atoms with E-state index in [-0.39, 0.29) is 0 Å². The third-order valence-electron chi connectivity index (χ3n) is 2.02. The van der Waals surface area contributed by atoms with Crippen LogP contribution in [0.1, 0.15) is 6.92 Å². The van der Waals surface area contributed by atoms with Crippen molar-refractivity contribution >= 4 is 49.6 Å². The van der Waals surface area contributed by atoms with Crippen molar-refractivity contribution in [3.63, 3.8) is 0 Å². The number of hydrogen-bond acceptors (Lipinski definition) is 1. The van der Waals surface area contributed by atoms with Crippen molar-refractivity contribution < 1.29 is 0 Å². The zero-order valence-electron chi connectivity index (χ0n) is 7.09. The Kier molecular flexibility index (Phi) is 2.60. The summed E-state index contributed by atoms with van der Waals surface area (Å²) in [5.41, 5.74) is 1.06. The van der Waals surface area contributed by atoms with Gasteiger partial charge in [0.05, 0.1) is 0 Å². The van der Waals surface area contributed by atoms with Crippen LogP contribution >= 0.6 is 38.5 Å². The molecule has 68 valence electrons. The second-order valence-electron chi connectivity index (χ2n) is 2.76. The molecule has 0 atom stereocenters. The molecule has 0 unspecified atom stereocenters. The van der Waals surface area contributed by atoms with Gasteiger partial charge in [-0.3, -0.25) is 0 Å². The zero-order valence-corrected chi connectivity index (χ0v) is 10.8. The largest absolute Gasteiger partial charge is 0.333 e. The minimum absolute atomic E-state index is 0.966. The van der Waals surface area contributed by atoms with Gasteiger partial charge in [0.2, 0.25) is 0 Å². The molecule has 0 saturated carbocycles. The molecule has 0 spiro atoms. The minimum atomic E-state index is 0.966. The third-order valence-corrected chi connectivity index (χ3v) is 4.53. The molecule has 0 N–H and O–H groups in total. The van der Waals surface area contributed by atoms with Gasteiger partial charge in [0.15, 0.2) is 0 Å². The maximum Gasteiger partial charge on any atom is 0.140 e. The van der Waals surface area contributed by atoms with E-state index in [1.165, 1.54) is 8.96 Å². The molecule has 0 amide bonds. The highest BCUT2D eigenvalue weighted by Gasteiger charge is 2.06. The fraction of sp³-hybridized carbons (Fsp3) is 0.222. The molecule has 2 heterocycles. The number of aromatic nitrogens is 2. The fourth-order valence-corrected chi connectivity index (χ4v) is 2.21. The lowest BCUT2D eigenvalue weighted by Crippen LogP contribution is -1.93. The van der Waals surface area contributed by atoms with E-state index in [1.807, 2.05) is 6.20 Å². The Balaban J connectivity index is 2.81. The smallest absolute Gasteiger partial charge is 0.140 e. The first-order valence-electron chi connectivity index (χ1n) is 4.03. The molecule has 0 aliphatic carbocycles. The predicted octanol–water partition coefficient (Wildman–Crippen LogP) is 3.42. The molecule has 13 heavy (non-hydrogen) atoms. The van der Waals surface area contributed by atoms with Gasteiger partial charge >= 0.3 is 0 Å². The first-order valence-corrected chi connectivity index (χ1v) is 5.90. The molecular formula is C9H8BrIN2. The zero-order chi connectivity index (χ0) is 9.42. The van der Waals surface area contributed by atoms with Gasteiger partial charge in [-0.1, -0.05) is 0 Å². The Bertz CT molecular complexity index is 450. The van der Waals surface area contributed by atoms with Crippen molar-refractivity contribution in [1.82, 2.24) is 9.55 Å². The van der Waals surface area contributed by atoms with Gasteiger partial charge in [0.25, 0.3) is 0 Å². The molecule has 0 aliphatic heterocycles. The van der Waals surface area contributed by atoms with Crippen molar-refractivity contribution in [1.29, 1.82) is 0 Å². The number of fused-ring (bicyclic) bond motifs is 1. The van der Waals surface area contributed by atoms with Crippen LogP contribution in [0.2, 0.25) is 0 Å². The van der Waals surface area contributed by atoms with Crippen molar-refractivity contribution in [2.75, 3.05) is 0 Å². The summed E-state index contributed by atoms with van der Waals surface area (Å²) in [5.74, 6) is 0. The third kappa shape index (κ3) is 1.50. The fourth-order valence-electron chi connectivity index (χ4n) is 1.34. The molecule has 2 aromatic rings. The quantitative estimate of drug-likeness (QED) is 0.720. The summed E-state index contributed by atoms with van der Waals surface area (Å²) >= 11 is 5.80. The highest BCUT2D eigenvalue weighted by molar-refractivity contribution is 14.1. The van der Waals surface area contributed by atoms with Crippen LogP contribution in [0.4, 0.5) is 0 Å². The second-order valence-corrected chi connectivity index (χ2v) is 4.69. The number of nitrogens with zero attached hydrogens (tertiary/aromatic N) is 2. The molecular weight excluding hydrogens is 343 g/mol. The number of halogens is 2. The Labute approximate surface area is 98.6 Å². The van der Waals surface area contributed by atoms with E-state index in [0.717, 1.165) is 16.7 Å². The van der Waals surface area contributed by atoms with E-state index in [4.69, 9.17) is 0 Å². The SMILES string of the molecule is CCn1ccc2c(I)c(Br)cnc21. The van der Waals surface area contributed by atoms with E-state index < -0.39 is 0 Å². The number of pyridine rings is 1. The van der Waals surface area contributed by atoms with E-state index >= 15 is 0 Å². The highest BCUT2D eigenvalue weighted by atomic mass is 127. The van der Waals surface area contributed by atoms with Gasteiger partial charge in [-0.2, -0.15) is 0 Å². The maximum atomic E-state index is 4.38. The summed E-state index contributed by atoms with van der Waals surface area (Å²) in [4.78, 5) is 4.38. The predicted molar refractivity (Wildman–Crippen MR) is 65.8 cm³/mol. The Hall–Kier alpha value is -0.100. The monoisotopic (exact) mass is 350 g/mol. The van der Waals surface area contributed by atoms with E-state index in [0.29, 0.717) is 0 Å². The molecule has 2 rings (SSSR count). The van der Waals surface area contributed by atoms with Gasteiger partial charge in [-0.25, -0.2) is 4.98 Å². The van der Waals surface area contributed by atoms with Gasteiger partial charge in [0.1, 0.15) is 5.65 Å². The van der Waals surface area contributed by atoms with Crippen LogP contribution in [0.25, 0.3) is 11.0 Å². The number of hydrogen-bond donors (Lipinski definition) is 0. The summed E-state index contributed by atoms with van der Waals surface area (Å²) in [7, 11) is 0. The molecule has 0 fully saturated rings. The molecule has 2 nitrogen and oxygen atoms in total. The highest BCUT2D eigenvalue weighted by Crippen LogP contribution is 2.26. The number of aryl methyl sites for hydroxylation is 1. The van der Waals surface area contributed by atoms with Gasteiger partial charge < -0.3 is 4.57 Å². The summed E-state index contributed by atoms with van der Waals surface area (Å²) in [6, 6.07) is 2.11. The van der Waals surface area contributed by atoms with Gasteiger partial charge in [0, 0.05) is 32.4 Å². The van der Waals surface area contributed by atoms with Crippen LogP contribution in [0.3, 0.4) is 0 Å². The normalized spacial score (nSPS) is 11.0. The average Bonchev–Trinajstić information content (AvgIpc) is 2.55. The Morgan fingerprint density at radius 1 is 1.62 bits per heavy atom. The molecule has 4 heteroatoms. The Morgan fingerprint density at radius 3 is 3.08 bits per heavy atom. The van der Waals surface area contributed by atoms with Crippen LogP contribution in [-0.4, -0.2) is 9.55 Å². The summed E-state index contributed by atoms with van der Waals surface area (Å²) in [6.45, 7) is 3.09. The standard InChI is InChI=1S/C9H8BrIN2/c1-2-13-4-3-6-8(11)7(10)5-12-9(6)13/h3-5H,2H2,1H3. The first kappa shape index (κ1) is 9.45. The molecule has 0 bridgehead atoms. The molecule has 0 aromatic carbocycles. The van der Waals surface area contributed by atoms with E-state index in [9.17, 15) is 0 Å². The average molecular weight is 351 g/mol. The molecule has 0 aliphatic rings. The number of rotatable bonds is 1. The molecule has 0 saturated heterocycles. The topological polar surface area (TPSA) is 17.8 Å². The lowest BCUT2D eigenvalue weighted by atomic mass is 10.3. The van der Waals surface area contributed by atoms with Crippen LogP contribution in [0, 0.1) is 3.57 Å². The van der Waals surface area contributed by atoms with Crippen molar-refractivity contribution in [2.24, 2.45) is 0 Å². The van der Waals surface area contributed by atoms with Gasteiger partial charge in [-0.15, -0.1) is 0 Å². The van der Waals surface area contributed by atoms with Crippen LogP contribution in [0.5, 0.6) is 0 Å². The van der Waals surface area contributed by atoms with E-state index in [2.05, 4.69) is 67.3 Å². The summed E-state index contributed by atoms with van der Waals surface area (Å²) in [5, 5.41) is 1.22. The van der Waals surface area contributed by atoms with Crippen molar-refractivity contribution in [3.8, 4) is 0 Å². The lowest BCUT2D eigenvalue weighted by molar-refractivity contribution is 0.787. The van der Waals surface area contributed by atoms with E-state index in [1.54, 1.807) is 0 Å². The molecule has 2 aromatic heterocycles. The Morgan fingerprint density at radius 2 is 2.38 bits per heavy atom. The van der Waals surface area contributed by atoms with Crippen LogP contribution in [0.15, 0.2) is 22.9 Å². The van der Waals surface area contributed by atoms with Crippen molar-refractivity contribution in [2.45, 2.75) is 13.5 Å². The second kappa shape index (κ2) is 3.57. The summed E-state index contributed by atoms with van der Waals surface area (Å²) in [6.07, 6.45) is 3.93. The van der Waals surface area contributed by atoms with Crippen LogP contribution < -0.4 is 0 Å².